The van der Waals surface area contributed by atoms with Crippen LogP contribution in [0.1, 0.15) is 5.69 Å². The second kappa shape index (κ2) is 8.58. The van der Waals surface area contributed by atoms with Gasteiger partial charge in [0, 0.05) is 17.3 Å². The lowest BCUT2D eigenvalue weighted by Gasteiger charge is -2.16. The first-order chi connectivity index (χ1) is 16.7. The fraction of sp³-hybridized carbons (Fsp3) is 0.0435. The number of carbonyl (C=O) groups is 1. The van der Waals surface area contributed by atoms with Gasteiger partial charge in [-0.3, -0.25) is 4.55 Å². The van der Waals surface area contributed by atoms with Crippen LogP contribution in [0.5, 0.6) is 0 Å². The van der Waals surface area contributed by atoms with Crippen LogP contribution in [0.15, 0.2) is 77.1 Å². The summed E-state index contributed by atoms with van der Waals surface area (Å²) in [5.41, 5.74) is 4.91. The van der Waals surface area contributed by atoms with Gasteiger partial charge in [-0.25, -0.2) is 24.3 Å². The summed E-state index contributed by atoms with van der Waals surface area (Å²) in [7, 11) is -4.42. The van der Waals surface area contributed by atoms with Crippen molar-refractivity contribution in [2.24, 2.45) is 0 Å². The van der Waals surface area contributed by atoms with Gasteiger partial charge in [-0.05, 0) is 55.5 Å². The van der Waals surface area contributed by atoms with Gasteiger partial charge in [0.15, 0.2) is 11.6 Å². The van der Waals surface area contributed by atoms with Gasteiger partial charge in [0.2, 0.25) is 0 Å². The molecule has 0 unspecified atom stereocenters. The molecule has 0 aliphatic carbocycles. The highest BCUT2D eigenvalue weighted by atomic mass is 32.2. The lowest BCUT2D eigenvalue weighted by molar-refractivity contribution is 0.204. The monoisotopic (exact) mass is 507 g/mol. The van der Waals surface area contributed by atoms with Crippen molar-refractivity contribution >= 4 is 49.3 Å². The van der Waals surface area contributed by atoms with E-state index in [-0.39, 0.29) is 16.4 Å². The Morgan fingerprint density at radius 1 is 1.06 bits per heavy atom. The molecule has 0 aliphatic heterocycles. The number of nitrogens with zero attached hydrogens (tertiary/aromatic N) is 5. The minimum absolute atomic E-state index is 0.0832. The van der Waals surface area contributed by atoms with Crippen molar-refractivity contribution < 1.29 is 22.9 Å². The smallest absolute Gasteiger partial charge is 0.417 e. The number of hydrogen-bond donors (Lipinski definition) is 2. The van der Waals surface area contributed by atoms with Crippen molar-refractivity contribution in [3.63, 3.8) is 0 Å². The number of pyridine rings is 1. The fourth-order valence-corrected chi connectivity index (χ4v) is 4.82. The molecule has 12 heteroatoms. The Balaban J connectivity index is 1.68. The second-order valence-corrected chi connectivity index (χ2v) is 9.87. The maximum atomic E-state index is 12.3. The summed E-state index contributed by atoms with van der Waals surface area (Å²) in [5.74, 6) is 0.586. The molecule has 0 atom stereocenters. The minimum atomic E-state index is -4.42. The highest BCUT2D eigenvalue weighted by Gasteiger charge is 2.24. The number of aromatic nitrogens is 4. The maximum Gasteiger partial charge on any atom is 0.417 e. The molecule has 0 saturated heterocycles. The van der Waals surface area contributed by atoms with E-state index in [0.29, 0.717) is 11.5 Å². The van der Waals surface area contributed by atoms with E-state index in [9.17, 15) is 22.9 Å². The molecule has 0 bridgehead atoms. The van der Waals surface area contributed by atoms with Gasteiger partial charge in [0.05, 0.1) is 32.0 Å². The normalized spacial score (nSPS) is 11.6. The fourth-order valence-electron chi connectivity index (χ4n) is 3.63. The van der Waals surface area contributed by atoms with E-state index < -0.39 is 16.2 Å². The summed E-state index contributed by atoms with van der Waals surface area (Å²) in [4.78, 5) is 21.7. The second-order valence-electron chi connectivity index (χ2n) is 7.56. The summed E-state index contributed by atoms with van der Waals surface area (Å²) in [6.07, 6.45) is -1.32. The Kier molecular flexibility index (Phi) is 5.55. The molecule has 2 N–H and O–H groups in total. The summed E-state index contributed by atoms with van der Waals surface area (Å²) in [5, 5.41) is 14.5. The number of amides is 1. The molecular formula is C23H17N5O5S2. The molecule has 3 heterocycles. The Hall–Kier alpha value is -4.13. The zero-order valence-electron chi connectivity index (χ0n) is 18.1. The zero-order chi connectivity index (χ0) is 24.7. The predicted molar refractivity (Wildman–Crippen MR) is 131 cm³/mol. The summed E-state index contributed by atoms with van der Waals surface area (Å²) >= 11 is 1.49. The summed E-state index contributed by atoms with van der Waals surface area (Å²) in [6.45, 7) is 1.84. The molecule has 0 fully saturated rings. The minimum Gasteiger partial charge on any atom is -0.464 e. The standard InChI is InChI=1S/C23H17N5O5S2/c1-14-3-2-4-21(25-14)28-19(15-5-10-18-20(11-15)34-13-24-18)12-22(26-28)27(23(29)30)16-6-8-17(9-7-16)35(31,32)33/h2-13H,1H3,(H,29,30)(H,31,32,33). The predicted octanol–water partition coefficient (Wildman–Crippen LogP) is 4.92. The van der Waals surface area contributed by atoms with Gasteiger partial charge >= 0.3 is 6.09 Å². The van der Waals surface area contributed by atoms with Gasteiger partial charge in [-0.1, -0.05) is 12.1 Å². The Morgan fingerprint density at radius 3 is 2.51 bits per heavy atom. The lowest BCUT2D eigenvalue weighted by Crippen LogP contribution is -2.24. The number of thiazole rings is 1. The maximum absolute atomic E-state index is 12.3. The molecule has 176 valence electrons. The van der Waals surface area contributed by atoms with Crippen LogP contribution in [0, 0.1) is 6.92 Å². The molecule has 5 rings (SSSR count). The third kappa shape index (κ3) is 4.37. The molecule has 10 nitrogen and oxygen atoms in total. The van der Waals surface area contributed by atoms with E-state index >= 15 is 0 Å². The van der Waals surface area contributed by atoms with Crippen LogP contribution in [-0.2, 0) is 10.1 Å². The largest absolute Gasteiger partial charge is 0.464 e. The molecule has 1 amide bonds. The van der Waals surface area contributed by atoms with E-state index in [4.69, 9.17) is 0 Å². The van der Waals surface area contributed by atoms with E-state index in [0.717, 1.165) is 38.5 Å². The number of aryl methyl sites for hydroxylation is 1. The van der Waals surface area contributed by atoms with Crippen LogP contribution in [0.2, 0.25) is 0 Å². The molecule has 5 aromatic rings. The lowest BCUT2D eigenvalue weighted by atomic mass is 10.1. The molecule has 0 saturated carbocycles. The number of rotatable bonds is 5. The topological polar surface area (TPSA) is 139 Å². The van der Waals surface area contributed by atoms with Crippen LogP contribution >= 0.6 is 11.3 Å². The van der Waals surface area contributed by atoms with Crippen molar-refractivity contribution in [3.05, 3.63) is 77.9 Å². The van der Waals surface area contributed by atoms with Crippen molar-refractivity contribution in [2.75, 3.05) is 4.90 Å². The van der Waals surface area contributed by atoms with Gasteiger partial charge in [-0.15, -0.1) is 16.4 Å². The first-order valence-corrected chi connectivity index (χ1v) is 12.5. The molecule has 35 heavy (non-hydrogen) atoms. The molecular weight excluding hydrogens is 490 g/mol. The van der Waals surface area contributed by atoms with E-state index in [1.807, 2.05) is 37.3 Å². The SMILES string of the molecule is Cc1cccc(-n2nc(N(C(=O)O)c3ccc(S(=O)(=O)O)cc3)cc2-c2ccc3ncsc3c2)n1. The number of hydrogen-bond acceptors (Lipinski definition) is 7. The van der Waals surface area contributed by atoms with Gasteiger partial charge in [0.25, 0.3) is 10.1 Å². The van der Waals surface area contributed by atoms with Crippen molar-refractivity contribution in [1.29, 1.82) is 0 Å². The molecule has 0 aliphatic rings. The first-order valence-electron chi connectivity index (χ1n) is 10.2. The Bertz CT molecular complexity index is 1680. The van der Waals surface area contributed by atoms with Crippen LogP contribution < -0.4 is 4.90 Å². The van der Waals surface area contributed by atoms with Gasteiger partial charge in [0.1, 0.15) is 0 Å². The van der Waals surface area contributed by atoms with Crippen LogP contribution in [0.3, 0.4) is 0 Å². The summed E-state index contributed by atoms with van der Waals surface area (Å²) < 4.78 is 34.5. The van der Waals surface area contributed by atoms with Crippen LogP contribution in [0.25, 0.3) is 27.3 Å². The molecule has 0 spiro atoms. The first kappa shape index (κ1) is 22.7. The zero-order valence-corrected chi connectivity index (χ0v) is 19.7. The van der Waals surface area contributed by atoms with Gasteiger partial charge < -0.3 is 5.11 Å². The Morgan fingerprint density at radius 2 is 1.83 bits per heavy atom. The summed E-state index contributed by atoms with van der Waals surface area (Å²) in [6, 6.07) is 17.6. The highest BCUT2D eigenvalue weighted by Crippen LogP contribution is 2.33. The number of anilines is 2. The van der Waals surface area contributed by atoms with Crippen molar-refractivity contribution in [1.82, 2.24) is 19.7 Å². The molecule has 3 aromatic heterocycles. The van der Waals surface area contributed by atoms with Crippen LogP contribution in [0.4, 0.5) is 16.3 Å². The average Bonchev–Trinajstić information content (AvgIpc) is 3.45. The van der Waals surface area contributed by atoms with E-state index in [2.05, 4.69) is 15.1 Å². The van der Waals surface area contributed by atoms with Gasteiger partial charge in [-0.2, -0.15) is 8.42 Å². The van der Waals surface area contributed by atoms with Crippen molar-refractivity contribution in [2.45, 2.75) is 11.8 Å². The van der Waals surface area contributed by atoms with E-state index in [1.165, 1.54) is 23.5 Å². The third-order valence-corrected chi connectivity index (χ3v) is 6.89. The highest BCUT2D eigenvalue weighted by molar-refractivity contribution is 7.85. The third-order valence-electron chi connectivity index (χ3n) is 5.23. The molecule has 2 aromatic carbocycles. The van der Waals surface area contributed by atoms with Crippen LogP contribution in [-0.4, -0.2) is 43.9 Å². The number of carboxylic acid groups (broad SMARTS) is 1. The molecule has 0 radical (unpaired) electrons. The number of benzene rings is 2. The average molecular weight is 508 g/mol. The number of fused-ring (bicyclic) bond motifs is 1. The Labute approximate surface area is 203 Å². The quantitative estimate of drug-likeness (QED) is 0.320. The van der Waals surface area contributed by atoms with E-state index in [1.54, 1.807) is 22.3 Å². The van der Waals surface area contributed by atoms with Crippen molar-refractivity contribution in [3.8, 4) is 17.1 Å².